The highest BCUT2D eigenvalue weighted by atomic mass is 127. The fourth-order valence-corrected chi connectivity index (χ4v) is 2.20. The third kappa shape index (κ3) is 3.03. The average molecular weight is 375 g/mol. The highest BCUT2D eigenvalue weighted by Gasteiger charge is 2.06. The van der Waals surface area contributed by atoms with Gasteiger partial charge in [-0.15, -0.1) is 0 Å². The van der Waals surface area contributed by atoms with Crippen LogP contribution in [0, 0.1) is 9.39 Å². The zero-order chi connectivity index (χ0) is 10.0. The van der Waals surface area contributed by atoms with E-state index in [9.17, 15) is 4.39 Å². The molecule has 0 aliphatic rings. The van der Waals surface area contributed by atoms with Crippen molar-refractivity contribution in [2.24, 2.45) is 5.73 Å². The predicted molar refractivity (Wildman–Crippen MR) is 67.2 cm³/mol. The van der Waals surface area contributed by atoms with Crippen molar-refractivity contribution in [2.45, 2.75) is 0 Å². The molecule has 0 radical (unpaired) electrons. The molecule has 0 aliphatic heterocycles. The number of rotatable bonds is 1. The third-order valence-corrected chi connectivity index (χ3v) is 2.85. The minimum Gasteiger partial charge on any atom is -0.376 e. The van der Waals surface area contributed by atoms with Crippen LogP contribution in [0.5, 0.6) is 0 Å². The summed E-state index contributed by atoms with van der Waals surface area (Å²) in [6.07, 6.45) is 0. The van der Waals surface area contributed by atoms with Gasteiger partial charge in [0, 0.05) is 4.47 Å². The van der Waals surface area contributed by atoms with Gasteiger partial charge < -0.3 is 11.1 Å². The summed E-state index contributed by atoms with van der Waals surface area (Å²) < 4.78 is 14.3. The maximum absolute atomic E-state index is 13.1. The van der Waals surface area contributed by atoms with Crippen LogP contribution in [0.2, 0.25) is 0 Å². The minimum atomic E-state index is -0.303. The molecule has 3 N–H and O–H groups in total. The third-order valence-electron chi connectivity index (χ3n) is 1.27. The quantitative estimate of drug-likeness (QED) is 0.451. The van der Waals surface area contributed by atoms with Gasteiger partial charge in [0.25, 0.3) is 0 Å². The predicted octanol–water partition coefficient (Wildman–Crippen LogP) is 2.85. The Morgan fingerprint density at radius 3 is 2.77 bits per heavy atom. The molecule has 0 amide bonds. The summed E-state index contributed by atoms with van der Waals surface area (Å²) in [7, 11) is 0. The van der Waals surface area contributed by atoms with E-state index in [1.807, 2.05) is 22.6 Å². The molecule has 1 aromatic carbocycles. The van der Waals surface area contributed by atoms with Crippen LogP contribution in [0.3, 0.4) is 0 Å². The summed E-state index contributed by atoms with van der Waals surface area (Å²) >= 11 is 9.80. The van der Waals surface area contributed by atoms with Gasteiger partial charge in [-0.3, -0.25) is 0 Å². The molecule has 0 bridgehead atoms. The lowest BCUT2D eigenvalue weighted by Crippen LogP contribution is -2.19. The first kappa shape index (κ1) is 11.1. The standard InChI is InChI=1S/C7H5BrFIN2S/c8-3-1-5(10)4(9)2-6(3)12-7(11)13/h1-2H,(H3,11,12,13). The van der Waals surface area contributed by atoms with Gasteiger partial charge in [-0.25, -0.2) is 4.39 Å². The molecule has 6 heteroatoms. The summed E-state index contributed by atoms with van der Waals surface area (Å²) in [5, 5.41) is 2.77. The lowest BCUT2D eigenvalue weighted by atomic mass is 10.3. The maximum Gasteiger partial charge on any atom is 0.168 e. The molecule has 13 heavy (non-hydrogen) atoms. The Kier molecular flexibility index (Phi) is 3.87. The SMILES string of the molecule is NC(=S)Nc1cc(F)c(I)cc1Br. The Hall–Kier alpha value is 0.0500. The van der Waals surface area contributed by atoms with Gasteiger partial charge in [-0.05, 0) is 62.9 Å². The van der Waals surface area contributed by atoms with E-state index in [0.29, 0.717) is 9.26 Å². The summed E-state index contributed by atoms with van der Waals surface area (Å²) in [6.45, 7) is 0. The molecule has 0 spiro atoms. The van der Waals surface area contributed by atoms with E-state index in [0.717, 1.165) is 4.47 Å². The number of nitrogens with one attached hydrogen (secondary N) is 1. The molecule has 0 saturated heterocycles. The molecule has 0 heterocycles. The van der Waals surface area contributed by atoms with Crippen molar-refractivity contribution in [2.75, 3.05) is 5.32 Å². The van der Waals surface area contributed by atoms with Crippen LogP contribution < -0.4 is 11.1 Å². The first-order chi connectivity index (χ1) is 6.00. The molecular formula is C7H5BrFIN2S. The Morgan fingerprint density at radius 1 is 1.62 bits per heavy atom. The molecule has 1 aromatic rings. The van der Waals surface area contributed by atoms with Crippen molar-refractivity contribution in [3.63, 3.8) is 0 Å². The van der Waals surface area contributed by atoms with Crippen molar-refractivity contribution in [3.05, 3.63) is 26.0 Å². The fourth-order valence-electron chi connectivity index (χ4n) is 0.751. The monoisotopic (exact) mass is 374 g/mol. The molecule has 0 aliphatic carbocycles. The molecule has 1 rings (SSSR count). The van der Waals surface area contributed by atoms with Gasteiger partial charge in [0.2, 0.25) is 0 Å². The topological polar surface area (TPSA) is 38.0 Å². The fraction of sp³-hybridized carbons (Fsp3) is 0. The highest BCUT2D eigenvalue weighted by Crippen LogP contribution is 2.26. The number of hydrogen-bond donors (Lipinski definition) is 2. The largest absolute Gasteiger partial charge is 0.376 e. The van der Waals surface area contributed by atoms with E-state index in [2.05, 4.69) is 33.5 Å². The van der Waals surface area contributed by atoms with Crippen molar-refractivity contribution in [3.8, 4) is 0 Å². The van der Waals surface area contributed by atoms with Crippen LogP contribution in [-0.2, 0) is 0 Å². The van der Waals surface area contributed by atoms with Gasteiger partial charge in [-0.2, -0.15) is 0 Å². The summed E-state index contributed by atoms with van der Waals surface area (Å²) in [4.78, 5) is 0. The van der Waals surface area contributed by atoms with E-state index in [4.69, 9.17) is 5.73 Å². The van der Waals surface area contributed by atoms with Crippen LogP contribution in [0.1, 0.15) is 0 Å². The Morgan fingerprint density at radius 2 is 2.23 bits per heavy atom. The molecule has 2 nitrogen and oxygen atoms in total. The van der Waals surface area contributed by atoms with Crippen LogP contribution >= 0.6 is 50.7 Å². The highest BCUT2D eigenvalue weighted by molar-refractivity contribution is 14.1. The molecule has 0 atom stereocenters. The van der Waals surface area contributed by atoms with E-state index < -0.39 is 0 Å². The molecule has 0 saturated carbocycles. The number of anilines is 1. The normalized spacial score (nSPS) is 9.77. The smallest absolute Gasteiger partial charge is 0.168 e. The number of benzene rings is 1. The zero-order valence-corrected chi connectivity index (χ0v) is 10.8. The van der Waals surface area contributed by atoms with Crippen molar-refractivity contribution in [1.29, 1.82) is 0 Å². The number of hydrogen-bond acceptors (Lipinski definition) is 1. The molecule has 0 aromatic heterocycles. The van der Waals surface area contributed by atoms with Crippen LogP contribution in [0.15, 0.2) is 16.6 Å². The number of halogens is 3. The van der Waals surface area contributed by atoms with Gasteiger partial charge in [0.1, 0.15) is 5.82 Å². The van der Waals surface area contributed by atoms with E-state index in [1.165, 1.54) is 6.07 Å². The summed E-state index contributed by atoms with van der Waals surface area (Å²) in [6, 6.07) is 2.99. The average Bonchev–Trinajstić information content (AvgIpc) is 1.99. The zero-order valence-electron chi connectivity index (χ0n) is 6.27. The van der Waals surface area contributed by atoms with Gasteiger partial charge in [-0.1, -0.05) is 0 Å². The lowest BCUT2D eigenvalue weighted by Gasteiger charge is -2.07. The Balaban J connectivity index is 3.08. The first-order valence-electron chi connectivity index (χ1n) is 3.21. The van der Waals surface area contributed by atoms with E-state index >= 15 is 0 Å². The lowest BCUT2D eigenvalue weighted by molar-refractivity contribution is 0.620. The van der Waals surface area contributed by atoms with Crippen LogP contribution in [0.25, 0.3) is 0 Å². The van der Waals surface area contributed by atoms with Crippen molar-refractivity contribution >= 4 is 61.5 Å². The van der Waals surface area contributed by atoms with Gasteiger partial charge in [0.15, 0.2) is 5.11 Å². The minimum absolute atomic E-state index is 0.112. The van der Waals surface area contributed by atoms with Crippen LogP contribution in [0.4, 0.5) is 10.1 Å². The second-order valence-corrected chi connectivity index (χ2v) is 4.69. The maximum atomic E-state index is 13.1. The molecule has 0 unspecified atom stereocenters. The van der Waals surface area contributed by atoms with Crippen molar-refractivity contribution < 1.29 is 4.39 Å². The summed E-state index contributed by atoms with van der Waals surface area (Å²) in [5.74, 6) is -0.303. The van der Waals surface area contributed by atoms with E-state index in [-0.39, 0.29) is 10.9 Å². The summed E-state index contributed by atoms with van der Waals surface area (Å²) in [5.41, 5.74) is 5.79. The van der Waals surface area contributed by atoms with Crippen molar-refractivity contribution in [1.82, 2.24) is 0 Å². The van der Waals surface area contributed by atoms with Gasteiger partial charge >= 0.3 is 0 Å². The number of nitrogens with two attached hydrogens (primary N) is 1. The Bertz CT molecular complexity index is 359. The molecule has 0 fully saturated rings. The number of thiocarbonyl (C=S) groups is 1. The second-order valence-electron chi connectivity index (χ2n) is 2.24. The van der Waals surface area contributed by atoms with E-state index in [1.54, 1.807) is 6.07 Å². The molecular weight excluding hydrogens is 370 g/mol. The Labute approximate surface area is 102 Å². The second kappa shape index (κ2) is 4.52. The van der Waals surface area contributed by atoms with Gasteiger partial charge in [0.05, 0.1) is 9.26 Å². The first-order valence-corrected chi connectivity index (χ1v) is 5.49. The van der Waals surface area contributed by atoms with Crippen LogP contribution in [-0.4, -0.2) is 5.11 Å². The molecule has 70 valence electrons.